The molecule has 0 atom stereocenters. The van der Waals surface area contributed by atoms with Crippen molar-refractivity contribution in [2.75, 3.05) is 18.8 Å². The number of piperidine rings is 1. The molecule has 0 spiro atoms. The predicted octanol–water partition coefficient (Wildman–Crippen LogP) is 0.687. The molecule has 1 saturated heterocycles. The Hall–Kier alpha value is -0.990. The summed E-state index contributed by atoms with van der Waals surface area (Å²) < 4.78 is 24.9. The van der Waals surface area contributed by atoms with Gasteiger partial charge < -0.3 is 5.32 Å². The summed E-state index contributed by atoms with van der Waals surface area (Å²) in [6.07, 6.45) is 1.30. The second kappa shape index (κ2) is 5.98. The van der Waals surface area contributed by atoms with Crippen LogP contribution < -0.4 is 5.32 Å². The number of hydrogen-bond acceptors (Lipinski definition) is 5. The van der Waals surface area contributed by atoms with Crippen molar-refractivity contribution < 1.29 is 13.2 Å². The number of rotatable bonds is 4. The van der Waals surface area contributed by atoms with Crippen molar-refractivity contribution in [2.45, 2.75) is 25.8 Å². The van der Waals surface area contributed by atoms with Gasteiger partial charge in [-0.15, -0.1) is 11.3 Å². The Labute approximate surface area is 116 Å². The summed E-state index contributed by atoms with van der Waals surface area (Å²) in [5.74, 6) is -0.0545. The van der Waals surface area contributed by atoms with Gasteiger partial charge in [0.25, 0.3) is 5.91 Å². The van der Waals surface area contributed by atoms with Crippen LogP contribution in [0.5, 0.6) is 0 Å². The number of sulfonamides is 1. The first kappa shape index (κ1) is 14.4. The minimum Gasteiger partial charge on any atom is -0.348 e. The highest BCUT2D eigenvalue weighted by Gasteiger charge is 2.27. The molecule has 1 aliphatic rings. The standard InChI is InChI=1S/C11H17N3O3S2/c1-2-19(16,17)14-5-3-9(4-6-14)13-11(15)10-7-18-8-12-10/h7-9H,2-6H2,1H3,(H,13,15). The molecule has 1 fully saturated rings. The maximum Gasteiger partial charge on any atom is 0.270 e. The van der Waals surface area contributed by atoms with Crippen molar-refractivity contribution in [1.29, 1.82) is 0 Å². The summed E-state index contributed by atoms with van der Waals surface area (Å²) in [5.41, 5.74) is 2.04. The average molecular weight is 303 g/mol. The first-order chi connectivity index (χ1) is 9.03. The third-order valence-corrected chi connectivity index (χ3v) is 5.68. The van der Waals surface area contributed by atoms with E-state index in [-0.39, 0.29) is 17.7 Å². The quantitative estimate of drug-likeness (QED) is 0.887. The van der Waals surface area contributed by atoms with Crippen LogP contribution in [0.3, 0.4) is 0 Å². The molecule has 1 aromatic heterocycles. The lowest BCUT2D eigenvalue weighted by atomic mass is 10.1. The molecule has 1 N–H and O–H groups in total. The van der Waals surface area contributed by atoms with Crippen LogP contribution in [0, 0.1) is 0 Å². The molecule has 0 aromatic carbocycles. The molecule has 1 aromatic rings. The molecule has 19 heavy (non-hydrogen) atoms. The summed E-state index contributed by atoms with van der Waals surface area (Å²) >= 11 is 1.38. The van der Waals surface area contributed by atoms with Gasteiger partial charge in [0, 0.05) is 24.5 Å². The Morgan fingerprint density at radius 1 is 1.53 bits per heavy atom. The lowest BCUT2D eigenvalue weighted by Crippen LogP contribution is -2.46. The minimum atomic E-state index is -3.11. The van der Waals surface area contributed by atoms with E-state index in [9.17, 15) is 13.2 Å². The summed E-state index contributed by atoms with van der Waals surface area (Å²) in [4.78, 5) is 15.8. The average Bonchev–Trinajstić information content (AvgIpc) is 2.93. The second-order valence-corrected chi connectivity index (χ2v) is 7.40. The fourth-order valence-electron chi connectivity index (χ4n) is 2.04. The van der Waals surface area contributed by atoms with Crippen molar-refractivity contribution >= 4 is 27.3 Å². The Balaban J connectivity index is 1.86. The minimum absolute atomic E-state index is 0.0255. The Kier molecular flexibility index (Phi) is 4.54. The van der Waals surface area contributed by atoms with Gasteiger partial charge in [0.05, 0.1) is 11.3 Å². The summed E-state index contributed by atoms with van der Waals surface area (Å²) in [5, 5.41) is 4.60. The fraction of sp³-hybridized carbons (Fsp3) is 0.636. The highest BCUT2D eigenvalue weighted by atomic mass is 32.2. The highest BCUT2D eigenvalue weighted by Crippen LogP contribution is 2.15. The van der Waals surface area contributed by atoms with Crippen molar-refractivity contribution in [1.82, 2.24) is 14.6 Å². The molecule has 6 nitrogen and oxygen atoms in total. The molecule has 8 heteroatoms. The molecular weight excluding hydrogens is 286 g/mol. The SMILES string of the molecule is CCS(=O)(=O)N1CCC(NC(=O)c2cscn2)CC1. The zero-order chi connectivity index (χ0) is 13.9. The van der Waals surface area contributed by atoms with Crippen molar-refractivity contribution in [3.8, 4) is 0 Å². The molecule has 0 aliphatic carbocycles. The summed E-state index contributed by atoms with van der Waals surface area (Å²) in [7, 11) is -3.11. The van der Waals surface area contributed by atoms with Crippen LogP contribution in [0.1, 0.15) is 30.3 Å². The molecule has 2 heterocycles. The van der Waals surface area contributed by atoms with Crippen LogP contribution in [0.15, 0.2) is 10.9 Å². The van der Waals surface area contributed by atoms with Crippen LogP contribution in [0.2, 0.25) is 0 Å². The fourth-order valence-corrected chi connectivity index (χ4v) is 3.71. The Morgan fingerprint density at radius 2 is 2.21 bits per heavy atom. The molecule has 1 amide bonds. The van der Waals surface area contributed by atoms with Gasteiger partial charge in [0.2, 0.25) is 10.0 Å². The maximum atomic E-state index is 11.8. The smallest absolute Gasteiger partial charge is 0.270 e. The van der Waals surface area contributed by atoms with Gasteiger partial charge in [-0.3, -0.25) is 4.79 Å². The molecule has 0 bridgehead atoms. The number of hydrogen-bond donors (Lipinski definition) is 1. The van der Waals surface area contributed by atoms with Crippen molar-refractivity contribution in [3.05, 3.63) is 16.6 Å². The number of nitrogens with one attached hydrogen (secondary N) is 1. The van der Waals surface area contributed by atoms with E-state index in [4.69, 9.17) is 0 Å². The first-order valence-corrected chi connectivity index (χ1v) is 8.75. The van der Waals surface area contributed by atoms with Gasteiger partial charge in [-0.25, -0.2) is 17.7 Å². The maximum absolute atomic E-state index is 11.8. The van der Waals surface area contributed by atoms with Gasteiger partial charge in [-0.1, -0.05) is 0 Å². The third kappa shape index (κ3) is 3.52. The van der Waals surface area contributed by atoms with Gasteiger partial charge >= 0.3 is 0 Å². The molecule has 0 saturated carbocycles. The molecule has 2 rings (SSSR count). The topological polar surface area (TPSA) is 79.4 Å². The van der Waals surface area contributed by atoms with Gasteiger partial charge in [0.15, 0.2) is 0 Å². The number of amides is 1. The van der Waals surface area contributed by atoms with Gasteiger partial charge in [-0.05, 0) is 19.8 Å². The third-order valence-electron chi connectivity index (χ3n) is 3.21. The Morgan fingerprint density at radius 3 is 2.74 bits per heavy atom. The van der Waals surface area contributed by atoms with Crippen molar-refractivity contribution in [3.63, 3.8) is 0 Å². The van der Waals surface area contributed by atoms with E-state index >= 15 is 0 Å². The van der Waals surface area contributed by atoms with Crippen molar-refractivity contribution in [2.24, 2.45) is 0 Å². The van der Waals surface area contributed by atoms with E-state index in [1.54, 1.807) is 17.8 Å². The number of nitrogens with zero attached hydrogens (tertiary/aromatic N) is 2. The second-order valence-electron chi connectivity index (χ2n) is 4.42. The van der Waals surface area contributed by atoms with Gasteiger partial charge in [0.1, 0.15) is 5.69 Å². The summed E-state index contributed by atoms with van der Waals surface area (Å²) in [6.45, 7) is 2.59. The van der Waals surface area contributed by atoms with E-state index in [1.807, 2.05) is 0 Å². The number of carbonyl (C=O) groups is 1. The van der Waals surface area contributed by atoms with E-state index in [1.165, 1.54) is 15.6 Å². The molecule has 0 unspecified atom stereocenters. The number of thiazole rings is 1. The van der Waals surface area contributed by atoms with Crippen LogP contribution in [-0.2, 0) is 10.0 Å². The van der Waals surface area contributed by atoms with E-state index in [0.29, 0.717) is 31.6 Å². The van der Waals surface area contributed by atoms with E-state index < -0.39 is 10.0 Å². The Bertz CT molecular complexity index is 519. The summed E-state index contributed by atoms with van der Waals surface area (Å²) in [6, 6.07) is 0.0255. The number of carbonyl (C=O) groups excluding carboxylic acids is 1. The molecular formula is C11H17N3O3S2. The molecule has 106 valence electrons. The van der Waals surface area contributed by atoms with Crippen LogP contribution >= 0.6 is 11.3 Å². The van der Waals surface area contributed by atoms with Crippen LogP contribution in [-0.4, -0.2) is 48.5 Å². The van der Waals surface area contributed by atoms with Gasteiger partial charge in [-0.2, -0.15) is 0 Å². The molecule has 0 radical (unpaired) electrons. The zero-order valence-electron chi connectivity index (χ0n) is 10.7. The number of aromatic nitrogens is 1. The monoisotopic (exact) mass is 303 g/mol. The normalized spacial score (nSPS) is 18.4. The lowest BCUT2D eigenvalue weighted by molar-refractivity contribution is 0.0919. The largest absolute Gasteiger partial charge is 0.348 e. The highest BCUT2D eigenvalue weighted by molar-refractivity contribution is 7.89. The predicted molar refractivity (Wildman–Crippen MR) is 73.6 cm³/mol. The van der Waals surface area contributed by atoms with E-state index in [0.717, 1.165) is 0 Å². The molecule has 1 aliphatic heterocycles. The van der Waals surface area contributed by atoms with Crippen LogP contribution in [0.25, 0.3) is 0 Å². The van der Waals surface area contributed by atoms with Crippen LogP contribution in [0.4, 0.5) is 0 Å². The van der Waals surface area contributed by atoms with E-state index in [2.05, 4.69) is 10.3 Å². The lowest BCUT2D eigenvalue weighted by Gasteiger charge is -2.31. The zero-order valence-corrected chi connectivity index (χ0v) is 12.3. The first-order valence-electron chi connectivity index (χ1n) is 6.20.